The van der Waals surface area contributed by atoms with Crippen LogP contribution in [0.5, 0.6) is 5.75 Å². The fourth-order valence-corrected chi connectivity index (χ4v) is 3.11. The zero-order valence-corrected chi connectivity index (χ0v) is 16.0. The van der Waals surface area contributed by atoms with E-state index in [1.165, 1.54) is 43.4 Å². The van der Waals surface area contributed by atoms with Crippen LogP contribution in [0.1, 0.15) is 12.5 Å². The number of methoxy groups -OCH3 is 2. The predicted molar refractivity (Wildman–Crippen MR) is 106 cm³/mol. The number of allylic oxidation sites excluding steroid dienone is 1. The lowest BCUT2D eigenvalue weighted by molar-refractivity contribution is -0.384. The minimum absolute atomic E-state index is 0.0950. The Hall–Kier alpha value is -3.94. The summed E-state index contributed by atoms with van der Waals surface area (Å²) in [6.07, 6.45) is 1.59. The molecule has 8 nitrogen and oxygen atoms in total. The van der Waals surface area contributed by atoms with Crippen molar-refractivity contribution in [3.8, 4) is 5.75 Å². The van der Waals surface area contributed by atoms with Crippen molar-refractivity contribution < 1.29 is 24.0 Å². The SMILES string of the molecule is COC(=O)C1=C(C)N(c2ccc([N+](=O)[O-])cc2)C(=O)C1=Cc1cccc(OC)c1. The Balaban J connectivity index is 2.10. The molecule has 1 aliphatic heterocycles. The van der Waals surface area contributed by atoms with Gasteiger partial charge in [0.25, 0.3) is 11.6 Å². The Morgan fingerprint density at radius 3 is 2.41 bits per heavy atom. The van der Waals surface area contributed by atoms with Crippen molar-refractivity contribution in [2.45, 2.75) is 6.92 Å². The number of amides is 1. The molecule has 0 spiro atoms. The maximum Gasteiger partial charge on any atom is 0.340 e. The summed E-state index contributed by atoms with van der Waals surface area (Å²) in [5.41, 5.74) is 1.67. The van der Waals surface area contributed by atoms with Crippen LogP contribution in [0, 0.1) is 10.1 Å². The van der Waals surface area contributed by atoms with E-state index in [2.05, 4.69) is 0 Å². The molecule has 0 saturated carbocycles. The van der Waals surface area contributed by atoms with Crippen LogP contribution in [0.15, 0.2) is 65.4 Å². The van der Waals surface area contributed by atoms with Gasteiger partial charge in [0.05, 0.1) is 30.3 Å². The number of nitro groups is 1. The number of nitro benzene ring substituents is 1. The van der Waals surface area contributed by atoms with Crippen LogP contribution < -0.4 is 9.64 Å². The Bertz CT molecular complexity index is 1050. The molecule has 1 amide bonds. The second-order valence-corrected chi connectivity index (χ2v) is 6.20. The lowest BCUT2D eigenvalue weighted by Gasteiger charge is -2.17. The lowest BCUT2D eigenvalue weighted by Crippen LogP contribution is -2.24. The largest absolute Gasteiger partial charge is 0.497 e. The normalized spacial score (nSPS) is 15.1. The molecular weight excluding hydrogens is 376 g/mol. The van der Waals surface area contributed by atoms with Gasteiger partial charge >= 0.3 is 5.97 Å². The molecule has 0 bridgehead atoms. The molecule has 0 N–H and O–H groups in total. The molecule has 0 fully saturated rings. The van der Waals surface area contributed by atoms with Gasteiger partial charge in [0.2, 0.25) is 0 Å². The molecule has 1 heterocycles. The Morgan fingerprint density at radius 2 is 1.83 bits per heavy atom. The monoisotopic (exact) mass is 394 g/mol. The minimum atomic E-state index is -0.644. The van der Waals surface area contributed by atoms with Gasteiger partial charge < -0.3 is 9.47 Å². The number of esters is 1. The maximum atomic E-state index is 13.2. The number of rotatable bonds is 5. The van der Waals surface area contributed by atoms with Crippen molar-refractivity contribution in [3.63, 3.8) is 0 Å². The maximum absolute atomic E-state index is 13.2. The zero-order valence-electron chi connectivity index (χ0n) is 16.0. The molecule has 0 saturated heterocycles. The summed E-state index contributed by atoms with van der Waals surface area (Å²) in [5.74, 6) is -0.466. The molecule has 1 aliphatic rings. The molecule has 0 unspecified atom stereocenters. The molecule has 29 heavy (non-hydrogen) atoms. The molecule has 2 aromatic rings. The van der Waals surface area contributed by atoms with E-state index in [4.69, 9.17) is 9.47 Å². The number of hydrogen-bond donors (Lipinski definition) is 0. The average Bonchev–Trinajstić information content (AvgIpc) is 2.97. The molecule has 8 heteroatoms. The number of carbonyl (C=O) groups is 2. The van der Waals surface area contributed by atoms with E-state index in [1.54, 1.807) is 37.3 Å². The summed E-state index contributed by atoms with van der Waals surface area (Å²) >= 11 is 0. The van der Waals surface area contributed by atoms with Gasteiger partial charge in [-0.25, -0.2) is 4.79 Å². The van der Waals surface area contributed by atoms with Gasteiger partial charge in [-0.15, -0.1) is 0 Å². The lowest BCUT2D eigenvalue weighted by atomic mass is 10.0. The third kappa shape index (κ3) is 3.73. The number of anilines is 1. The number of non-ortho nitro benzene ring substituents is 1. The topological polar surface area (TPSA) is 99.0 Å². The molecule has 148 valence electrons. The van der Waals surface area contributed by atoms with Gasteiger partial charge in [0, 0.05) is 23.5 Å². The van der Waals surface area contributed by atoms with Crippen molar-refractivity contribution in [3.05, 3.63) is 81.1 Å². The first-order valence-electron chi connectivity index (χ1n) is 8.61. The summed E-state index contributed by atoms with van der Waals surface area (Å²) < 4.78 is 10.1. The van der Waals surface area contributed by atoms with E-state index in [0.717, 1.165) is 0 Å². The second-order valence-electron chi connectivity index (χ2n) is 6.20. The molecule has 0 aliphatic carbocycles. The first kappa shape index (κ1) is 19.8. The van der Waals surface area contributed by atoms with Gasteiger partial charge in [-0.3, -0.25) is 19.8 Å². The van der Waals surface area contributed by atoms with Gasteiger partial charge in [-0.05, 0) is 42.8 Å². The molecule has 0 aromatic heterocycles. The first-order chi connectivity index (χ1) is 13.9. The fourth-order valence-electron chi connectivity index (χ4n) is 3.11. The van der Waals surface area contributed by atoms with Gasteiger partial charge in [-0.2, -0.15) is 0 Å². The molecule has 0 atom stereocenters. The van der Waals surface area contributed by atoms with E-state index in [9.17, 15) is 19.7 Å². The van der Waals surface area contributed by atoms with Crippen LogP contribution in [0.2, 0.25) is 0 Å². The van der Waals surface area contributed by atoms with E-state index >= 15 is 0 Å². The van der Waals surface area contributed by atoms with Crippen LogP contribution in [0.25, 0.3) is 6.08 Å². The molecule has 3 rings (SSSR count). The highest BCUT2D eigenvalue weighted by molar-refractivity contribution is 6.23. The smallest absolute Gasteiger partial charge is 0.340 e. The highest BCUT2D eigenvalue weighted by atomic mass is 16.6. The summed E-state index contributed by atoms with van der Waals surface area (Å²) in [4.78, 5) is 37.3. The van der Waals surface area contributed by atoms with E-state index in [0.29, 0.717) is 22.7 Å². The number of ether oxygens (including phenoxy) is 2. The van der Waals surface area contributed by atoms with Crippen LogP contribution in [-0.2, 0) is 14.3 Å². The average molecular weight is 394 g/mol. The summed E-state index contributed by atoms with van der Waals surface area (Å²) in [6.45, 7) is 1.62. The third-order valence-corrected chi connectivity index (χ3v) is 4.51. The quantitative estimate of drug-likeness (QED) is 0.333. The zero-order chi connectivity index (χ0) is 21.1. The number of carbonyl (C=O) groups excluding carboxylic acids is 2. The molecular formula is C21H18N2O6. The standard InChI is InChI=1S/C21H18N2O6/c1-13-19(21(25)29-3)18(12-14-5-4-6-17(11-14)28-2)20(24)22(13)15-7-9-16(10-8-15)23(26)27/h4-12H,1-3H3. The van der Waals surface area contributed by atoms with Crippen LogP contribution in [0.4, 0.5) is 11.4 Å². The predicted octanol–water partition coefficient (Wildman–Crippen LogP) is 3.48. The number of benzene rings is 2. The van der Waals surface area contributed by atoms with E-state index in [1.807, 2.05) is 0 Å². The fraction of sp³-hybridized carbons (Fsp3) is 0.143. The number of nitrogens with zero attached hydrogens (tertiary/aromatic N) is 2. The minimum Gasteiger partial charge on any atom is -0.497 e. The van der Waals surface area contributed by atoms with Crippen molar-refractivity contribution >= 4 is 29.3 Å². The van der Waals surface area contributed by atoms with Crippen LogP contribution >= 0.6 is 0 Å². The summed E-state index contributed by atoms with van der Waals surface area (Å²) in [6, 6.07) is 12.6. The molecule has 0 radical (unpaired) electrons. The Morgan fingerprint density at radius 1 is 1.14 bits per heavy atom. The van der Waals surface area contributed by atoms with E-state index in [-0.39, 0.29) is 16.8 Å². The number of hydrogen-bond acceptors (Lipinski definition) is 6. The Labute approximate surface area is 166 Å². The van der Waals surface area contributed by atoms with Gasteiger partial charge in [0.15, 0.2) is 0 Å². The van der Waals surface area contributed by atoms with Crippen molar-refractivity contribution in [2.24, 2.45) is 0 Å². The van der Waals surface area contributed by atoms with Crippen molar-refractivity contribution in [1.29, 1.82) is 0 Å². The summed E-state index contributed by atoms with van der Waals surface area (Å²) in [7, 11) is 2.78. The van der Waals surface area contributed by atoms with E-state index < -0.39 is 16.8 Å². The van der Waals surface area contributed by atoms with Gasteiger partial charge in [0.1, 0.15) is 5.75 Å². The highest BCUT2D eigenvalue weighted by Crippen LogP contribution is 2.36. The molecule has 2 aromatic carbocycles. The van der Waals surface area contributed by atoms with Crippen LogP contribution in [-0.4, -0.2) is 31.0 Å². The second kappa shape index (κ2) is 7.97. The van der Waals surface area contributed by atoms with Crippen LogP contribution in [0.3, 0.4) is 0 Å². The van der Waals surface area contributed by atoms with Gasteiger partial charge in [-0.1, -0.05) is 12.1 Å². The first-order valence-corrected chi connectivity index (χ1v) is 8.61. The van der Waals surface area contributed by atoms with Crippen molar-refractivity contribution in [1.82, 2.24) is 0 Å². The van der Waals surface area contributed by atoms with Crippen molar-refractivity contribution in [2.75, 3.05) is 19.1 Å². The third-order valence-electron chi connectivity index (χ3n) is 4.51. The highest BCUT2D eigenvalue weighted by Gasteiger charge is 2.38. The summed E-state index contributed by atoms with van der Waals surface area (Å²) in [5, 5.41) is 10.9. The Kier molecular flexibility index (Phi) is 5.45.